The molecule has 7 nitrogen and oxygen atoms in total. The van der Waals surface area contributed by atoms with Crippen molar-refractivity contribution in [2.24, 2.45) is 7.05 Å². The maximum atomic E-state index is 11.4. The van der Waals surface area contributed by atoms with Crippen molar-refractivity contribution in [2.75, 3.05) is 6.61 Å². The summed E-state index contributed by atoms with van der Waals surface area (Å²) in [6.45, 7) is 2.11. The summed E-state index contributed by atoms with van der Waals surface area (Å²) in [7, 11) is 1.75. The van der Waals surface area contributed by atoms with Gasteiger partial charge in [0.05, 0.1) is 12.2 Å². The average molecular weight is 265 g/mol. The minimum Gasteiger partial charge on any atom is -0.462 e. The molecule has 2 aromatic heterocycles. The Bertz CT molecular complexity index is 539. The zero-order valence-corrected chi connectivity index (χ0v) is 10.7. The minimum absolute atomic E-state index is 0.347. The smallest absolute Gasteiger partial charge is 0.339 e. The van der Waals surface area contributed by atoms with Crippen LogP contribution in [0.25, 0.3) is 0 Å². The molecule has 0 bridgehead atoms. The van der Waals surface area contributed by atoms with E-state index in [0.29, 0.717) is 22.4 Å². The van der Waals surface area contributed by atoms with Crippen molar-refractivity contribution in [1.82, 2.24) is 25.2 Å². The second-order valence-corrected chi connectivity index (χ2v) is 4.28. The number of tetrazole rings is 1. The molecule has 0 unspecified atom stereocenters. The van der Waals surface area contributed by atoms with Gasteiger partial charge >= 0.3 is 5.97 Å². The van der Waals surface area contributed by atoms with Crippen LogP contribution in [0.2, 0.25) is 0 Å². The molecule has 8 heteroatoms. The van der Waals surface area contributed by atoms with Crippen LogP contribution in [-0.4, -0.2) is 37.8 Å². The van der Waals surface area contributed by atoms with Gasteiger partial charge in [-0.1, -0.05) is 0 Å². The quantitative estimate of drug-likeness (QED) is 0.760. The number of esters is 1. The third-order valence-corrected chi connectivity index (χ3v) is 3.00. The largest absolute Gasteiger partial charge is 0.462 e. The van der Waals surface area contributed by atoms with Gasteiger partial charge in [0.2, 0.25) is 5.16 Å². The third-order valence-electron chi connectivity index (χ3n) is 2.02. The van der Waals surface area contributed by atoms with E-state index in [2.05, 4.69) is 20.5 Å². The molecule has 0 spiro atoms. The lowest BCUT2D eigenvalue weighted by Gasteiger charge is -2.02. The molecular formula is C10H11N5O2S. The van der Waals surface area contributed by atoms with Gasteiger partial charge in [0, 0.05) is 13.2 Å². The number of ether oxygens (including phenoxy) is 1. The van der Waals surface area contributed by atoms with Gasteiger partial charge in [-0.25, -0.2) is 14.5 Å². The Kier molecular flexibility index (Phi) is 3.88. The fourth-order valence-corrected chi connectivity index (χ4v) is 1.85. The third kappa shape index (κ3) is 2.83. The first kappa shape index (κ1) is 12.5. The van der Waals surface area contributed by atoms with Crippen LogP contribution in [-0.2, 0) is 11.8 Å². The standard InChI is InChI=1S/C10H11N5O2S/c1-3-17-9(16)7-4-5-8(11-6-7)18-10-12-13-14-15(10)2/h4-6H,3H2,1-2H3. The maximum absolute atomic E-state index is 11.4. The number of rotatable bonds is 4. The van der Waals surface area contributed by atoms with Crippen molar-refractivity contribution >= 4 is 17.7 Å². The molecule has 0 aromatic carbocycles. The van der Waals surface area contributed by atoms with Crippen LogP contribution in [0.15, 0.2) is 28.5 Å². The van der Waals surface area contributed by atoms with Crippen LogP contribution in [0.5, 0.6) is 0 Å². The summed E-state index contributed by atoms with van der Waals surface area (Å²) in [4.78, 5) is 15.6. The zero-order chi connectivity index (χ0) is 13.0. The average Bonchev–Trinajstić information content (AvgIpc) is 2.76. The first-order valence-electron chi connectivity index (χ1n) is 5.24. The van der Waals surface area contributed by atoms with Gasteiger partial charge in [-0.15, -0.1) is 5.10 Å². The number of pyridine rings is 1. The molecule has 0 saturated carbocycles. The van der Waals surface area contributed by atoms with Crippen LogP contribution in [0.3, 0.4) is 0 Å². The van der Waals surface area contributed by atoms with Gasteiger partial charge < -0.3 is 4.74 Å². The van der Waals surface area contributed by atoms with Crippen LogP contribution in [0.1, 0.15) is 17.3 Å². The summed E-state index contributed by atoms with van der Waals surface area (Å²) in [5.41, 5.74) is 0.428. The lowest BCUT2D eigenvalue weighted by atomic mass is 10.3. The van der Waals surface area contributed by atoms with Gasteiger partial charge in [0.25, 0.3) is 0 Å². The molecular weight excluding hydrogens is 254 g/mol. The number of carbonyl (C=O) groups is 1. The van der Waals surface area contributed by atoms with Crippen molar-refractivity contribution in [3.63, 3.8) is 0 Å². The molecule has 0 fully saturated rings. The van der Waals surface area contributed by atoms with Crippen LogP contribution < -0.4 is 0 Å². The SMILES string of the molecule is CCOC(=O)c1ccc(Sc2nnnn2C)nc1. The molecule has 0 saturated heterocycles. The van der Waals surface area contributed by atoms with E-state index < -0.39 is 0 Å². The van der Waals surface area contributed by atoms with E-state index in [4.69, 9.17) is 4.74 Å². The van der Waals surface area contributed by atoms with E-state index >= 15 is 0 Å². The Balaban J connectivity index is 2.08. The van der Waals surface area contributed by atoms with E-state index in [9.17, 15) is 4.79 Å². The summed E-state index contributed by atoms with van der Waals surface area (Å²) >= 11 is 1.32. The molecule has 0 radical (unpaired) electrons. The van der Waals surface area contributed by atoms with Crippen molar-refractivity contribution in [1.29, 1.82) is 0 Å². The number of nitrogens with zero attached hydrogens (tertiary/aromatic N) is 5. The number of aryl methyl sites for hydroxylation is 1. The van der Waals surface area contributed by atoms with Crippen LogP contribution >= 0.6 is 11.8 Å². The highest BCUT2D eigenvalue weighted by Gasteiger charge is 2.09. The fourth-order valence-electron chi connectivity index (χ4n) is 1.18. The molecule has 0 aliphatic carbocycles. The highest BCUT2D eigenvalue weighted by molar-refractivity contribution is 7.99. The Morgan fingerprint density at radius 2 is 2.33 bits per heavy atom. The fraction of sp³-hybridized carbons (Fsp3) is 0.300. The van der Waals surface area contributed by atoms with Crippen molar-refractivity contribution in [3.8, 4) is 0 Å². The van der Waals surface area contributed by atoms with E-state index in [-0.39, 0.29) is 5.97 Å². The predicted molar refractivity (Wildman–Crippen MR) is 63.1 cm³/mol. The van der Waals surface area contributed by atoms with Gasteiger partial charge in [-0.05, 0) is 41.2 Å². The van der Waals surface area contributed by atoms with Gasteiger partial charge in [0.1, 0.15) is 5.03 Å². The highest BCUT2D eigenvalue weighted by atomic mass is 32.2. The first-order valence-corrected chi connectivity index (χ1v) is 6.05. The van der Waals surface area contributed by atoms with E-state index in [1.54, 1.807) is 30.8 Å². The lowest BCUT2D eigenvalue weighted by Crippen LogP contribution is -2.04. The van der Waals surface area contributed by atoms with Crippen molar-refractivity contribution in [3.05, 3.63) is 23.9 Å². The Morgan fingerprint density at radius 3 is 2.89 bits per heavy atom. The summed E-state index contributed by atoms with van der Waals surface area (Å²) in [6, 6.07) is 3.39. The monoisotopic (exact) mass is 265 g/mol. The van der Waals surface area contributed by atoms with Gasteiger partial charge in [0.15, 0.2) is 0 Å². The number of aromatic nitrogens is 5. The second-order valence-electron chi connectivity index (χ2n) is 3.29. The Morgan fingerprint density at radius 1 is 1.50 bits per heavy atom. The molecule has 0 amide bonds. The summed E-state index contributed by atoms with van der Waals surface area (Å²) in [5, 5.41) is 12.4. The molecule has 0 aliphatic rings. The summed E-state index contributed by atoms with van der Waals surface area (Å²) < 4.78 is 6.42. The Hall–Kier alpha value is -1.96. The summed E-state index contributed by atoms with van der Waals surface area (Å²) in [6.07, 6.45) is 1.48. The van der Waals surface area contributed by atoms with Crippen molar-refractivity contribution in [2.45, 2.75) is 17.1 Å². The maximum Gasteiger partial charge on any atom is 0.339 e. The van der Waals surface area contributed by atoms with E-state index in [1.807, 2.05) is 0 Å². The zero-order valence-electron chi connectivity index (χ0n) is 9.90. The lowest BCUT2D eigenvalue weighted by molar-refractivity contribution is 0.0525. The number of carbonyl (C=O) groups excluding carboxylic acids is 1. The Labute approximate surface area is 108 Å². The van der Waals surface area contributed by atoms with E-state index in [0.717, 1.165) is 0 Å². The summed E-state index contributed by atoms with van der Waals surface area (Å²) in [5.74, 6) is -0.373. The normalized spacial score (nSPS) is 10.3. The molecule has 0 N–H and O–H groups in total. The van der Waals surface area contributed by atoms with Crippen LogP contribution in [0.4, 0.5) is 0 Å². The molecule has 2 heterocycles. The van der Waals surface area contributed by atoms with E-state index in [1.165, 1.54) is 18.0 Å². The van der Waals surface area contributed by atoms with Gasteiger partial charge in [-0.3, -0.25) is 0 Å². The molecule has 2 rings (SSSR count). The van der Waals surface area contributed by atoms with Gasteiger partial charge in [-0.2, -0.15) is 0 Å². The van der Waals surface area contributed by atoms with Crippen molar-refractivity contribution < 1.29 is 9.53 Å². The highest BCUT2D eigenvalue weighted by Crippen LogP contribution is 2.22. The van der Waals surface area contributed by atoms with Crippen LogP contribution in [0, 0.1) is 0 Å². The molecule has 94 valence electrons. The topological polar surface area (TPSA) is 82.8 Å². The second kappa shape index (κ2) is 5.58. The molecule has 0 atom stereocenters. The predicted octanol–water partition coefficient (Wildman–Crippen LogP) is 0.933. The molecule has 2 aromatic rings. The molecule has 18 heavy (non-hydrogen) atoms. The number of hydrogen-bond acceptors (Lipinski definition) is 7. The number of hydrogen-bond donors (Lipinski definition) is 0. The molecule has 0 aliphatic heterocycles. The first-order chi connectivity index (χ1) is 8.70. The minimum atomic E-state index is -0.373.